The molecular weight excluding hydrogens is 532 g/mol. The molecule has 2 fully saturated rings. The number of hydrogen-bond donors (Lipinski definition) is 2. The van der Waals surface area contributed by atoms with Crippen LogP contribution in [0.4, 0.5) is 0 Å². The fourth-order valence-electron chi connectivity index (χ4n) is 6.60. The van der Waals surface area contributed by atoms with Crippen LogP contribution in [0.3, 0.4) is 0 Å². The van der Waals surface area contributed by atoms with E-state index in [0.717, 1.165) is 30.3 Å². The highest BCUT2D eigenvalue weighted by Gasteiger charge is 2.34. The average molecular weight is 575 g/mol. The number of amides is 2. The second-order valence-electron chi connectivity index (χ2n) is 12.0. The van der Waals surface area contributed by atoms with E-state index in [-0.39, 0.29) is 29.8 Å². The number of benzene rings is 4. The number of carbonyl (C=O) groups excluding carboxylic acids is 2. The molecular formula is C37H42N4O2. The van der Waals surface area contributed by atoms with E-state index in [0.29, 0.717) is 31.7 Å². The number of nitrogens with zero attached hydrogens (tertiary/aromatic N) is 2. The van der Waals surface area contributed by atoms with Crippen molar-refractivity contribution in [3.05, 3.63) is 120 Å². The summed E-state index contributed by atoms with van der Waals surface area (Å²) in [5.41, 5.74) is 3.08. The van der Waals surface area contributed by atoms with Gasteiger partial charge in [0, 0.05) is 43.7 Å². The molecule has 0 radical (unpaired) electrons. The van der Waals surface area contributed by atoms with Crippen molar-refractivity contribution >= 4 is 22.6 Å². The number of fused-ring (bicyclic) bond motifs is 1. The zero-order valence-corrected chi connectivity index (χ0v) is 24.8. The van der Waals surface area contributed by atoms with Crippen LogP contribution >= 0.6 is 0 Å². The Kier molecular flexibility index (Phi) is 9.46. The smallest absolute Gasteiger partial charge is 0.251 e. The van der Waals surface area contributed by atoms with Crippen molar-refractivity contribution < 1.29 is 9.59 Å². The van der Waals surface area contributed by atoms with Gasteiger partial charge in [0.25, 0.3) is 5.91 Å². The number of likely N-dealkylation sites (tertiary alicyclic amines) is 1. The van der Waals surface area contributed by atoms with Crippen LogP contribution in [-0.2, 0) is 4.79 Å². The number of piperidine rings is 1. The van der Waals surface area contributed by atoms with Gasteiger partial charge < -0.3 is 20.4 Å². The molecule has 6 heteroatoms. The van der Waals surface area contributed by atoms with Crippen molar-refractivity contribution in [3.63, 3.8) is 0 Å². The maximum Gasteiger partial charge on any atom is 0.251 e. The molecule has 6 nitrogen and oxygen atoms in total. The van der Waals surface area contributed by atoms with Crippen LogP contribution < -0.4 is 10.6 Å². The van der Waals surface area contributed by atoms with Gasteiger partial charge in [-0.15, -0.1) is 0 Å². The van der Waals surface area contributed by atoms with Crippen LogP contribution in [0.5, 0.6) is 0 Å². The molecule has 2 atom stereocenters. The molecule has 0 aliphatic carbocycles. The van der Waals surface area contributed by atoms with Crippen molar-refractivity contribution in [2.75, 3.05) is 39.3 Å². The van der Waals surface area contributed by atoms with Crippen LogP contribution in [0.25, 0.3) is 10.8 Å². The first-order chi connectivity index (χ1) is 21.1. The van der Waals surface area contributed by atoms with E-state index >= 15 is 0 Å². The highest BCUT2D eigenvalue weighted by atomic mass is 16.2. The molecule has 4 aromatic rings. The van der Waals surface area contributed by atoms with E-state index in [1.54, 1.807) is 0 Å². The van der Waals surface area contributed by atoms with Crippen LogP contribution in [0, 0.1) is 0 Å². The minimum absolute atomic E-state index is 0.0000440. The summed E-state index contributed by atoms with van der Waals surface area (Å²) in [7, 11) is 0. The van der Waals surface area contributed by atoms with Crippen molar-refractivity contribution in [2.24, 2.45) is 0 Å². The summed E-state index contributed by atoms with van der Waals surface area (Å²) in [6, 6.07) is 34.6. The topological polar surface area (TPSA) is 64.7 Å². The summed E-state index contributed by atoms with van der Waals surface area (Å²) in [4.78, 5) is 31.9. The number of nitrogens with one attached hydrogen (secondary N) is 2. The average Bonchev–Trinajstić information content (AvgIpc) is 3.21. The first kappa shape index (κ1) is 29.1. The Balaban J connectivity index is 1.19. The maximum atomic E-state index is 14.2. The number of hydrogen-bond acceptors (Lipinski definition) is 4. The fourth-order valence-corrected chi connectivity index (χ4v) is 6.60. The molecule has 222 valence electrons. The van der Waals surface area contributed by atoms with Gasteiger partial charge in [-0.05, 0) is 66.4 Å². The van der Waals surface area contributed by atoms with Gasteiger partial charge in [-0.3, -0.25) is 9.59 Å². The van der Waals surface area contributed by atoms with Crippen molar-refractivity contribution in [2.45, 2.75) is 43.7 Å². The zero-order chi connectivity index (χ0) is 29.4. The molecule has 0 aromatic heterocycles. The minimum atomic E-state index is -0.310. The number of rotatable bonds is 9. The van der Waals surface area contributed by atoms with Crippen LogP contribution in [0.2, 0.25) is 0 Å². The standard InChI is InChI=1S/C37H42N4O2/c42-36(32-19-18-28-12-8-9-17-31(28)24-32)38-25-33-20-23-41(37(43)35(39-33)27-40-21-10-3-11-22-40)26-34(29-13-4-1-5-14-29)30-15-6-2-7-16-30/h1-2,4-9,12-19,24,33-35,39H,3,10-11,20-23,25-27H2,(H,38,42)/t33-,35-/m1/s1. The lowest BCUT2D eigenvalue weighted by Crippen LogP contribution is -2.54. The summed E-state index contributed by atoms with van der Waals surface area (Å²) in [6.07, 6.45) is 4.39. The molecule has 2 heterocycles. The van der Waals surface area contributed by atoms with Crippen molar-refractivity contribution in [1.29, 1.82) is 0 Å². The molecule has 4 aromatic carbocycles. The zero-order valence-electron chi connectivity index (χ0n) is 24.8. The van der Waals surface area contributed by atoms with Crippen molar-refractivity contribution in [3.8, 4) is 0 Å². The Hall–Kier alpha value is -4.00. The maximum absolute atomic E-state index is 14.2. The summed E-state index contributed by atoms with van der Waals surface area (Å²) < 4.78 is 0. The third kappa shape index (κ3) is 7.32. The van der Waals surface area contributed by atoms with Gasteiger partial charge in [-0.1, -0.05) is 97.4 Å². The van der Waals surface area contributed by atoms with Gasteiger partial charge in [-0.25, -0.2) is 0 Å². The molecule has 2 saturated heterocycles. The summed E-state index contributed by atoms with van der Waals surface area (Å²) in [5.74, 6) is 0.165. The van der Waals surface area contributed by atoms with E-state index in [2.05, 4.69) is 75.0 Å². The van der Waals surface area contributed by atoms with Gasteiger partial charge in [-0.2, -0.15) is 0 Å². The molecule has 0 saturated carbocycles. The predicted octanol–water partition coefficient (Wildman–Crippen LogP) is 5.45. The molecule has 2 aliphatic heterocycles. The van der Waals surface area contributed by atoms with Crippen LogP contribution in [-0.4, -0.2) is 73.0 Å². The SMILES string of the molecule is O=C(NC[C@H]1CCN(CC(c2ccccc2)c2ccccc2)C(=O)[C@@H](CN2CCCCC2)N1)c1ccc2ccccc2c1. The van der Waals surface area contributed by atoms with E-state index < -0.39 is 0 Å². The van der Waals surface area contributed by atoms with Gasteiger partial charge in [0.1, 0.15) is 0 Å². The monoisotopic (exact) mass is 574 g/mol. The molecule has 2 N–H and O–H groups in total. The Morgan fingerprint density at radius 3 is 2.14 bits per heavy atom. The lowest BCUT2D eigenvalue weighted by molar-refractivity contribution is -0.133. The van der Waals surface area contributed by atoms with Crippen LogP contribution in [0.1, 0.15) is 53.1 Å². The molecule has 6 rings (SSSR count). The predicted molar refractivity (Wildman–Crippen MR) is 173 cm³/mol. The summed E-state index contributed by atoms with van der Waals surface area (Å²) >= 11 is 0. The third-order valence-corrected chi connectivity index (χ3v) is 9.01. The molecule has 43 heavy (non-hydrogen) atoms. The van der Waals surface area contributed by atoms with Gasteiger partial charge in [0.2, 0.25) is 5.91 Å². The summed E-state index contributed by atoms with van der Waals surface area (Å²) in [6.45, 7) is 4.52. The lowest BCUT2D eigenvalue weighted by Gasteiger charge is -2.33. The Morgan fingerprint density at radius 1 is 0.791 bits per heavy atom. The van der Waals surface area contributed by atoms with E-state index in [9.17, 15) is 9.59 Å². The number of carbonyl (C=O) groups is 2. The molecule has 2 amide bonds. The minimum Gasteiger partial charge on any atom is -0.350 e. The third-order valence-electron chi connectivity index (χ3n) is 9.01. The second-order valence-corrected chi connectivity index (χ2v) is 12.0. The molecule has 0 spiro atoms. The van der Waals surface area contributed by atoms with E-state index in [1.807, 2.05) is 48.5 Å². The largest absolute Gasteiger partial charge is 0.350 e. The Morgan fingerprint density at radius 2 is 1.44 bits per heavy atom. The lowest BCUT2D eigenvalue weighted by atomic mass is 9.90. The second kappa shape index (κ2) is 14.0. The van der Waals surface area contributed by atoms with Gasteiger partial charge in [0.05, 0.1) is 6.04 Å². The van der Waals surface area contributed by atoms with Gasteiger partial charge in [0.15, 0.2) is 0 Å². The summed E-state index contributed by atoms with van der Waals surface area (Å²) in [5, 5.41) is 9.02. The Bertz CT molecular complexity index is 1460. The highest BCUT2D eigenvalue weighted by molar-refractivity contribution is 5.98. The first-order valence-electron chi connectivity index (χ1n) is 15.8. The fraction of sp³-hybridized carbons (Fsp3) is 0.351. The quantitative estimate of drug-likeness (QED) is 0.279. The highest BCUT2D eigenvalue weighted by Crippen LogP contribution is 2.27. The van der Waals surface area contributed by atoms with Crippen molar-refractivity contribution in [1.82, 2.24) is 20.4 Å². The molecule has 0 bridgehead atoms. The first-order valence-corrected chi connectivity index (χ1v) is 15.8. The molecule has 2 aliphatic rings. The normalized spacial score (nSPS) is 19.8. The van der Waals surface area contributed by atoms with E-state index in [4.69, 9.17) is 0 Å². The van der Waals surface area contributed by atoms with Crippen LogP contribution in [0.15, 0.2) is 103 Å². The Labute approximate surface area is 255 Å². The van der Waals surface area contributed by atoms with Gasteiger partial charge >= 0.3 is 0 Å². The van der Waals surface area contributed by atoms with E-state index in [1.165, 1.54) is 30.4 Å². The molecule has 0 unspecified atom stereocenters.